The van der Waals surface area contributed by atoms with Gasteiger partial charge in [-0.2, -0.15) is 4.31 Å². The minimum Gasteiger partial charge on any atom is -0.385 e. The number of amides is 1. The highest BCUT2D eigenvalue weighted by Crippen LogP contribution is 2.30. The van der Waals surface area contributed by atoms with Gasteiger partial charge in [0.2, 0.25) is 5.91 Å². The number of carbonyl (C=O) groups is 1. The first-order valence-electron chi connectivity index (χ1n) is 9.99. The smallest absolute Gasteiger partial charge is 0.254 e. The number of nitrogens with zero attached hydrogens (tertiary/aromatic N) is 2. The van der Waals surface area contributed by atoms with Crippen molar-refractivity contribution in [3.05, 3.63) is 51.4 Å². The molecule has 0 fully saturated rings. The fraction of sp³-hybridized carbons (Fsp3) is 0.381. The number of fused-ring (bicyclic) bond motifs is 1. The normalized spacial score (nSPS) is 11.9. The number of rotatable bonds is 9. The lowest BCUT2D eigenvalue weighted by atomic mass is 10.1. The van der Waals surface area contributed by atoms with Gasteiger partial charge in [-0.25, -0.2) is 13.4 Å². The number of aromatic amines is 1. The number of aromatic nitrogens is 2. The molecule has 0 unspecified atom stereocenters. The van der Waals surface area contributed by atoms with Crippen LogP contribution in [0.1, 0.15) is 30.2 Å². The fourth-order valence-electron chi connectivity index (χ4n) is 3.35. The molecule has 1 aromatic carbocycles. The molecule has 32 heavy (non-hydrogen) atoms. The quantitative estimate of drug-likeness (QED) is 0.456. The topological polar surface area (TPSA) is 121 Å². The molecule has 0 atom stereocenters. The van der Waals surface area contributed by atoms with Gasteiger partial charge in [-0.15, -0.1) is 0 Å². The summed E-state index contributed by atoms with van der Waals surface area (Å²) >= 11 is 0.892. The van der Waals surface area contributed by atoms with E-state index in [1.165, 1.54) is 11.2 Å². The molecule has 0 aliphatic rings. The zero-order valence-corrected chi connectivity index (χ0v) is 20.0. The zero-order chi connectivity index (χ0) is 23.5. The van der Waals surface area contributed by atoms with Crippen molar-refractivity contribution in [3.63, 3.8) is 0 Å². The summed E-state index contributed by atoms with van der Waals surface area (Å²) in [5.74, 6) is -0.336. The minimum atomic E-state index is -3.97. The number of carbonyl (C=O) groups excluding carboxylic acids is 1. The zero-order valence-electron chi connectivity index (χ0n) is 18.4. The maximum Gasteiger partial charge on any atom is 0.254 e. The van der Waals surface area contributed by atoms with Crippen LogP contribution in [0.25, 0.3) is 10.9 Å². The molecule has 2 heterocycles. The summed E-state index contributed by atoms with van der Waals surface area (Å²) in [7, 11) is -2.43. The fourth-order valence-corrected chi connectivity index (χ4v) is 6.40. The molecule has 172 valence electrons. The number of para-hydroxylation sites is 1. The van der Waals surface area contributed by atoms with Crippen molar-refractivity contribution >= 4 is 43.3 Å². The van der Waals surface area contributed by atoms with E-state index in [-0.39, 0.29) is 33.9 Å². The van der Waals surface area contributed by atoms with Crippen LogP contribution in [0.4, 0.5) is 5.13 Å². The highest BCUT2D eigenvalue weighted by atomic mass is 32.2. The number of pyridine rings is 1. The van der Waals surface area contributed by atoms with Crippen LogP contribution in [0.15, 0.2) is 33.3 Å². The average molecular weight is 479 g/mol. The lowest BCUT2D eigenvalue weighted by Crippen LogP contribution is -2.34. The van der Waals surface area contributed by atoms with Crippen molar-refractivity contribution in [1.29, 1.82) is 0 Å². The van der Waals surface area contributed by atoms with Gasteiger partial charge < -0.3 is 15.0 Å². The van der Waals surface area contributed by atoms with Crippen molar-refractivity contribution in [1.82, 2.24) is 14.3 Å². The Kier molecular flexibility index (Phi) is 7.44. The Bertz CT molecular complexity index is 1300. The Morgan fingerprint density at radius 2 is 2.06 bits per heavy atom. The first-order valence-corrected chi connectivity index (χ1v) is 12.2. The molecule has 2 N–H and O–H groups in total. The van der Waals surface area contributed by atoms with E-state index in [0.29, 0.717) is 24.3 Å². The Morgan fingerprint density at radius 1 is 1.31 bits per heavy atom. The molecule has 2 aromatic heterocycles. The van der Waals surface area contributed by atoms with Crippen LogP contribution in [0, 0.1) is 13.8 Å². The predicted octanol–water partition coefficient (Wildman–Crippen LogP) is 2.79. The Hall–Kier alpha value is -2.60. The van der Waals surface area contributed by atoms with E-state index >= 15 is 0 Å². The lowest BCUT2D eigenvalue weighted by Gasteiger charge is -2.21. The Balaban J connectivity index is 2.01. The molecule has 0 radical (unpaired) electrons. The standard InChI is InChI=1S/C21H26N4O5S2/c1-13-7-5-8-16-11-17(19(27)24-18(13)16)12-25(9-6-10-30-4)32(28,29)20-14(2)22-21(31-20)23-15(3)26/h5,7-8,11H,6,9-10,12H2,1-4H3,(H,24,27)(H,22,23,26). The molecular weight excluding hydrogens is 452 g/mol. The number of nitrogens with one attached hydrogen (secondary N) is 2. The molecule has 0 saturated heterocycles. The maximum atomic E-state index is 13.5. The second-order valence-electron chi connectivity index (χ2n) is 7.42. The predicted molar refractivity (Wildman–Crippen MR) is 125 cm³/mol. The van der Waals surface area contributed by atoms with Crippen molar-refractivity contribution in [3.8, 4) is 0 Å². The number of hydrogen-bond donors (Lipinski definition) is 2. The lowest BCUT2D eigenvalue weighted by molar-refractivity contribution is -0.114. The third-order valence-corrected chi connectivity index (χ3v) is 8.38. The van der Waals surface area contributed by atoms with Gasteiger partial charge in [-0.1, -0.05) is 29.5 Å². The highest BCUT2D eigenvalue weighted by molar-refractivity contribution is 7.91. The third-order valence-electron chi connectivity index (χ3n) is 4.88. The van der Waals surface area contributed by atoms with E-state index < -0.39 is 10.0 Å². The van der Waals surface area contributed by atoms with Crippen molar-refractivity contribution in [2.75, 3.05) is 25.6 Å². The van der Waals surface area contributed by atoms with Crippen molar-refractivity contribution in [2.24, 2.45) is 0 Å². The molecule has 0 aliphatic heterocycles. The van der Waals surface area contributed by atoms with E-state index in [1.807, 2.05) is 25.1 Å². The van der Waals surface area contributed by atoms with E-state index in [0.717, 1.165) is 27.8 Å². The first-order chi connectivity index (χ1) is 15.1. The molecule has 0 bridgehead atoms. The molecule has 3 aromatic rings. The molecule has 0 saturated carbocycles. The monoisotopic (exact) mass is 478 g/mol. The number of methoxy groups -OCH3 is 1. The van der Waals surface area contributed by atoms with Crippen molar-refractivity contribution in [2.45, 2.75) is 37.9 Å². The second kappa shape index (κ2) is 9.90. The number of ether oxygens (including phenoxy) is 1. The number of anilines is 1. The van der Waals surface area contributed by atoms with Crippen molar-refractivity contribution < 1.29 is 17.9 Å². The van der Waals surface area contributed by atoms with Gasteiger partial charge in [0, 0.05) is 39.3 Å². The molecule has 1 amide bonds. The molecule has 9 nitrogen and oxygen atoms in total. The summed E-state index contributed by atoms with van der Waals surface area (Å²) in [5, 5.41) is 3.57. The molecular formula is C21H26N4O5S2. The molecule has 3 rings (SSSR count). The number of thiazole rings is 1. The number of H-pyrrole nitrogens is 1. The van der Waals surface area contributed by atoms with E-state index in [4.69, 9.17) is 4.74 Å². The van der Waals surface area contributed by atoms with Crippen LogP contribution < -0.4 is 10.9 Å². The molecule has 0 aliphatic carbocycles. The number of aryl methyl sites for hydroxylation is 2. The van der Waals surface area contributed by atoms with Gasteiger partial charge in [-0.3, -0.25) is 9.59 Å². The summed E-state index contributed by atoms with van der Waals surface area (Å²) in [6.07, 6.45) is 0.455. The summed E-state index contributed by atoms with van der Waals surface area (Å²) < 4.78 is 33.4. The Labute approximate surface area is 190 Å². The van der Waals surface area contributed by atoms with E-state index in [2.05, 4.69) is 15.3 Å². The van der Waals surface area contributed by atoms with Crippen LogP contribution in [0.3, 0.4) is 0 Å². The van der Waals surface area contributed by atoms with Gasteiger partial charge in [0.05, 0.1) is 11.2 Å². The van der Waals surface area contributed by atoms with E-state index in [1.54, 1.807) is 20.1 Å². The summed E-state index contributed by atoms with van der Waals surface area (Å²) in [4.78, 5) is 31.1. The maximum absolute atomic E-state index is 13.5. The molecule has 11 heteroatoms. The van der Waals surface area contributed by atoms with Crippen LogP contribution in [-0.4, -0.2) is 48.9 Å². The van der Waals surface area contributed by atoms with Crippen LogP contribution in [0.2, 0.25) is 0 Å². The van der Waals surface area contributed by atoms with Crippen LogP contribution >= 0.6 is 11.3 Å². The van der Waals surface area contributed by atoms with Gasteiger partial charge in [-0.05, 0) is 37.3 Å². The second-order valence-corrected chi connectivity index (χ2v) is 10.6. The third kappa shape index (κ3) is 5.23. The van der Waals surface area contributed by atoms with Gasteiger partial charge in [0.15, 0.2) is 9.34 Å². The highest BCUT2D eigenvalue weighted by Gasteiger charge is 2.30. The van der Waals surface area contributed by atoms with E-state index in [9.17, 15) is 18.0 Å². The SMILES string of the molecule is COCCCN(Cc1cc2cccc(C)c2[nH]c1=O)S(=O)(=O)c1sc(NC(C)=O)nc1C. The number of benzene rings is 1. The van der Waals surface area contributed by atoms with Gasteiger partial charge >= 0.3 is 0 Å². The van der Waals surface area contributed by atoms with Gasteiger partial charge in [0.1, 0.15) is 0 Å². The first kappa shape index (κ1) is 24.1. The largest absolute Gasteiger partial charge is 0.385 e. The summed E-state index contributed by atoms with van der Waals surface area (Å²) in [6.45, 7) is 5.24. The van der Waals surface area contributed by atoms with Crippen LogP contribution in [-0.2, 0) is 26.1 Å². The number of hydrogen-bond acceptors (Lipinski definition) is 7. The Morgan fingerprint density at radius 3 is 2.75 bits per heavy atom. The average Bonchev–Trinajstić information content (AvgIpc) is 3.08. The number of sulfonamides is 1. The summed E-state index contributed by atoms with van der Waals surface area (Å²) in [6, 6.07) is 7.39. The minimum absolute atomic E-state index is 0.0340. The van der Waals surface area contributed by atoms with Gasteiger partial charge in [0.25, 0.3) is 15.6 Å². The molecule has 0 spiro atoms. The summed E-state index contributed by atoms with van der Waals surface area (Å²) in [5.41, 5.74) is 1.96. The van der Waals surface area contributed by atoms with Crippen LogP contribution in [0.5, 0.6) is 0 Å².